The van der Waals surface area contributed by atoms with Gasteiger partial charge in [-0.1, -0.05) is 37.3 Å². The second-order valence-corrected chi connectivity index (χ2v) is 4.95. The molecule has 1 heterocycles. The fraction of sp³-hybridized carbons (Fsp3) is 0.533. The van der Waals surface area contributed by atoms with Gasteiger partial charge in [-0.05, 0) is 12.0 Å². The molecule has 0 aromatic heterocycles. The summed E-state index contributed by atoms with van der Waals surface area (Å²) in [5.41, 5.74) is 1.00. The molecule has 1 aromatic rings. The van der Waals surface area contributed by atoms with Gasteiger partial charge in [-0.15, -0.1) is 0 Å². The van der Waals surface area contributed by atoms with E-state index in [-0.39, 0.29) is 36.8 Å². The first kappa shape index (κ1) is 14.0. The summed E-state index contributed by atoms with van der Waals surface area (Å²) < 4.78 is 11.4. The Morgan fingerprint density at radius 3 is 2.63 bits per heavy atom. The van der Waals surface area contributed by atoms with Crippen LogP contribution < -0.4 is 0 Å². The van der Waals surface area contributed by atoms with Crippen LogP contribution in [0.1, 0.15) is 31.9 Å². The van der Waals surface area contributed by atoms with E-state index in [1.54, 1.807) is 0 Å². The van der Waals surface area contributed by atoms with Crippen molar-refractivity contribution in [2.75, 3.05) is 6.61 Å². The number of ether oxygens (including phenoxy) is 2. The molecule has 0 unspecified atom stereocenters. The molecule has 1 aromatic carbocycles. The van der Waals surface area contributed by atoms with Gasteiger partial charge in [0.05, 0.1) is 6.10 Å². The Morgan fingerprint density at radius 1 is 1.37 bits per heavy atom. The second kappa shape index (κ2) is 6.17. The number of benzene rings is 1. The van der Waals surface area contributed by atoms with E-state index in [1.807, 2.05) is 37.3 Å². The lowest BCUT2D eigenvalue weighted by Gasteiger charge is -2.21. The van der Waals surface area contributed by atoms with Crippen LogP contribution in [0, 0.1) is 5.92 Å². The zero-order valence-corrected chi connectivity index (χ0v) is 11.3. The molecule has 0 bridgehead atoms. The highest BCUT2D eigenvalue weighted by Crippen LogP contribution is 2.40. The molecule has 1 N–H and O–H groups in total. The summed E-state index contributed by atoms with van der Waals surface area (Å²) in [5, 5.41) is 9.08. The Bertz CT molecular complexity index is 417. The van der Waals surface area contributed by atoms with Gasteiger partial charge in [0.15, 0.2) is 0 Å². The quantitative estimate of drug-likeness (QED) is 0.846. The number of rotatable bonds is 4. The number of carbonyl (C=O) groups excluding carboxylic acids is 1. The minimum absolute atomic E-state index is 0.0706. The van der Waals surface area contributed by atoms with E-state index >= 15 is 0 Å². The van der Waals surface area contributed by atoms with Crippen molar-refractivity contribution in [2.45, 2.75) is 38.6 Å². The molecule has 19 heavy (non-hydrogen) atoms. The van der Waals surface area contributed by atoms with Crippen molar-refractivity contribution in [3.63, 3.8) is 0 Å². The molecular weight excluding hydrogens is 244 g/mol. The van der Waals surface area contributed by atoms with Gasteiger partial charge in [-0.2, -0.15) is 0 Å². The Labute approximate surface area is 113 Å². The SMILES string of the molecule is CC(=O)O[C@@H]1[C@@H](C)[C@H](CCO)O[C@H]1c1ccccc1. The molecule has 2 rings (SSSR count). The summed E-state index contributed by atoms with van der Waals surface area (Å²) >= 11 is 0. The molecule has 1 fully saturated rings. The molecule has 0 aliphatic carbocycles. The number of carbonyl (C=O) groups is 1. The zero-order valence-electron chi connectivity index (χ0n) is 11.3. The molecule has 4 nitrogen and oxygen atoms in total. The van der Waals surface area contributed by atoms with E-state index in [2.05, 4.69) is 0 Å². The van der Waals surface area contributed by atoms with E-state index in [4.69, 9.17) is 14.6 Å². The van der Waals surface area contributed by atoms with Crippen LogP contribution in [-0.4, -0.2) is 29.9 Å². The predicted molar refractivity (Wildman–Crippen MR) is 70.5 cm³/mol. The van der Waals surface area contributed by atoms with Gasteiger partial charge >= 0.3 is 5.97 Å². The number of hydrogen-bond acceptors (Lipinski definition) is 4. The smallest absolute Gasteiger partial charge is 0.303 e. The predicted octanol–water partition coefficient (Wildman–Crippen LogP) is 2.08. The molecule has 1 aliphatic rings. The van der Waals surface area contributed by atoms with Crippen LogP contribution >= 0.6 is 0 Å². The molecule has 4 heteroatoms. The van der Waals surface area contributed by atoms with Crippen molar-refractivity contribution in [3.8, 4) is 0 Å². The van der Waals surface area contributed by atoms with Gasteiger partial charge in [0.25, 0.3) is 0 Å². The van der Waals surface area contributed by atoms with Crippen LogP contribution in [0.15, 0.2) is 30.3 Å². The first-order valence-corrected chi connectivity index (χ1v) is 6.62. The zero-order chi connectivity index (χ0) is 13.8. The molecular formula is C15H20O4. The minimum Gasteiger partial charge on any atom is -0.459 e. The monoisotopic (exact) mass is 264 g/mol. The summed E-state index contributed by atoms with van der Waals surface area (Å²) in [6.45, 7) is 3.48. The summed E-state index contributed by atoms with van der Waals surface area (Å²) in [5.74, 6) is -0.229. The van der Waals surface area contributed by atoms with Gasteiger partial charge in [0.2, 0.25) is 0 Å². The third-order valence-corrected chi connectivity index (χ3v) is 3.57. The number of hydrogen-bond donors (Lipinski definition) is 1. The van der Waals surface area contributed by atoms with Gasteiger partial charge in [-0.3, -0.25) is 4.79 Å². The van der Waals surface area contributed by atoms with Crippen molar-refractivity contribution < 1.29 is 19.4 Å². The lowest BCUT2D eigenvalue weighted by Crippen LogP contribution is -2.27. The third kappa shape index (κ3) is 3.14. The maximum atomic E-state index is 11.3. The average Bonchev–Trinajstić information content (AvgIpc) is 2.69. The van der Waals surface area contributed by atoms with Crippen LogP contribution in [0.5, 0.6) is 0 Å². The summed E-state index contributed by atoms with van der Waals surface area (Å²) in [6.07, 6.45) is -0.0740. The standard InChI is InChI=1S/C15H20O4/c1-10-13(8-9-16)19-15(14(10)18-11(2)17)12-6-4-3-5-7-12/h3-7,10,13-16H,8-9H2,1-2H3/t10-,13-,14+,15-/m0/s1. The number of esters is 1. The van der Waals surface area contributed by atoms with Crippen LogP contribution in [0.25, 0.3) is 0 Å². The highest BCUT2D eigenvalue weighted by Gasteiger charge is 2.44. The molecule has 4 atom stereocenters. The highest BCUT2D eigenvalue weighted by molar-refractivity contribution is 5.66. The highest BCUT2D eigenvalue weighted by atomic mass is 16.6. The fourth-order valence-corrected chi connectivity index (χ4v) is 2.61. The van der Waals surface area contributed by atoms with Crippen molar-refractivity contribution in [3.05, 3.63) is 35.9 Å². The molecule has 0 spiro atoms. The van der Waals surface area contributed by atoms with Crippen LogP contribution in [0.4, 0.5) is 0 Å². The Balaban J connectivity index is 2.21. The van der Waals surface area contributed by atoms with Crippen molar-refractivity contribution in [1.29, 1.82) is 0 Å². The minimum atomic E-state index is -0.300. The van der Waals surface area contributed by atoms with Crippen LogP contribution in [0.3, 0.4) is 0 Å². The molecule has 104 valence electrons. The molecule has 1 aliphatic heterocycles. The van der Waals surface area contributed by atoms with Crippen LogP contribution in [0.2, 0.25) is 0 Å². The Hall–Kier alpha value is -1.39. The summed E-state index contributed by atoms with van der Waals surface area (Å²) in [7, 11) is 0. The average molecular weight is 264 g/mol. The number of aliphatic hydroxyl groups is 1. The van der Waals surface area contributed by atoms with Gasteiger partial charge in [0.1, 0.15) is 12.2 Å². The van der Waals surface area contributed by atoms with E-state index in [0.29, 0.717) is 6.42 Å². The summed E-state index contributed by atoms with van der Waals surface area (Å²) in [4.78, 5) is 11.3. The maximum absolute atomic E-state index is 11.3. The molecule has 0 amide bonds. The largest absolute Gasteiger partial charge is 0.459 e. The van der Waals surface area contributed by atoms with E-state index in [0.717, 1.165) is 5.56 Å². The normalized spacial score (nSPS) is 30.3. The Morgan fingerprint density at radius 2 is 2.05 bits per heavy atom. The van der Waals surface area contributed by atoms with Crippen molar-refractivity contribution in [2.24, 2.45) is 5.92 Å². The Kier molecular flexibility index (Phi) is 4.56. The lowest BCUT2D eigenvalue weighted by atomic mass is 9.93. The molecule has 1 saturated heterocycles. The first-order valence-electron chi connectivity index (χ1n) is 6.62. The van der Waals surface area contributed by atoms with Crippen molar-refractivity contribution in [1.82, 2.24) is 0 Å². The topological polar surface area (TPSA) is 55.8 Å². The van der Waals surface area contributed by atoms with E-state index in [9.17, 15) is 4.79 Å². The second-order valence-electron chi connectivity index (χ2n) is 4.95. The van der Waals surface area contributed by atoms with Gasteiger partial charge < -0.3 is 14.6 Å². The van der Waals surface area contributed by atoms with E-state index in [1.165, 1.54) is 6.92 Å². The maximum Gasteiger partial charge on any atom is 0.303 e. The first-order chi connectivity index (χ1) is 9.13. The van der Waals surface area contributed by atoms with Gasteiger partial charge in [-0.25, -0.2) is 0 Å². The van der Waals surface area contributed by atoms with Crippen molar-refractivity contribution >= 4 is 5.97 Å². The fourth-order valence-electron chi connectivity index (χ4n) is 2.61. The third-order valence-electron chi connectivity index (χ3n) is 3.57. The summed E-state index contributed by atoms with van der Waals surface area (Å²) in [6, 6.07) is 9.75. The molecule has 0 saturated carbocycles. The van der Waals surface area contributed by atoms with E-state index < -0.39 is 0 Å². The molecule has 0 radical (unpaired) electrons. The number of aliphatic hydroxyl groups excluding tert-OH is 1. The van der Waals surface area contributed by atoms with Gasteiger partial charge in [0, 0.05) is 19.4 Å². The lowest BCUT2D eigenvalue weighted by molar-refractivity contribution is -0.150. The van der Waals surface area contributed by atoms with Crippen LogP contribution in [-0.2, 0) is 14.3 Å².